The maximum absolute atomic E-state index is 11.9. The molecule has 1 atom stereocenters. The molecule has 16 heavy (non-hydrogen) atoms. The van der Waals surface area contributed by atoms with Crippen molar-refractivity contribution in [3.8, 4) is 0 Å². The van der Waals surface area contributed by atoms with Crippen LogP contribution in [0, 0.1) is 6.92 Å². The SMILES string of the molecule is CCC(C(=O)OC(C)(C)C)n1cnc(C)c1. The van der Waals surface area contributed by atoms with Crippen LogP contribution in [0.1, 0.15) is 45.9 Å². The molecule has 1 unspecified atom stereocenters. The first-order valence-corrected chi connectivity index (χ1v) is 5.56. The minimum Gasteiger partial charge on any atom is -0.458 e. The van der Waals surface area contributed by atoms with Crippen LogP contribution in [0.2, 0.25) is 0 Å². The molecule has 0 aliphatic carbocycles. The van der Waals surface area contributed by atoms with Gasteiger partial charge < -0.3 is 9.30 Å². The zero-order valence-corrected chi connectivity index (χ0v) is 10.7. The Kier molecular flexibility index (Phi) is 3.73. The second kappa shape index (κ2) is 4.68. The lowest BCUT2D eigenvalue weighted by Gasteiger charge is -2.23. The summed E-state index contributed by atoms with van der Waals surface area (Å²) in [6, 6.07) is -0.277. The van der Waals surface area contributed by atoms with E-state index in [4.69, 9.17) is 4.74 Å². The highest BCUT2D eigenvalue weighted by Crippen LogP contribution is 2.18. The topological polar surface area (TPSA) is 44.1 Å². The molecular formula is C12H20N2O2. The van der Waals surface area contributed by atoms with E-state index in [1.807, 2.05) is 45.4 Å². The van der Waals surface area contributed by atoms with Crippen LogP contribution in [-0.2, 0) is 9.53 Å². The van der Waals surface area contributed by atoms with Gasteiger partial charge in [-0.1, -0.05) is 6.92 Å². The van der Waals surface area contributed by atoms with Crippen LogP contribution < -0.4 is 0 Å². The molecule has 0 bridgehead atoms. The Hall–Kier alpha value is -1.32. The average molecular weight is 224 g/mol. The predicted octanol–water partition coefficient (Wildman–Crippen LogP) is 2.48. The van der Waals surface area contributed by atoms with Gasteiger partial charge in [-0.3, -0.25) is 0 Å². The predicted molar refractivity (Wildman–Crippen MR) is 62.1 cm³/mol. The Morgan fingerprint density at radius 2 is 2.19 bits per heavy atom. The minimum absolute atomic E-state index is 0.201. The first kappa shape index (κ1) is 12.7. The van der Waals surface area contributed by atoms with Crippen LogP contribution in [0.25, 0.3) is 0 Å². The Morgan fingerprint density at radius 3 is 2.56 bits per heavy atom. The Labute approximate surface area is 96.6 Å². The highest BCUT2D eigenvalue weighted by Gasteiger charge is 2.24. The summed E-state index contributed by atoms with van der Waals surface area (Å²) < 4.78 is 7.18. The molecule has 1 aromatic rings. The molecule has 1 aromatic heterocycles. The molecule has 0 saturated heterocycles. The molecule has 0 spiro atoms. The first-order chi connectivity index (χ1) is 7.33. The number of hydrogen-bond donors (Lipinski definition) is 0. The number of carbonyl (C=O) groups is 1. The fourth-order valence-electron chi connectivity index (χ4n) is 1.48. The third kappa shape index (κ3) is 3.36. The van der Waals surface area contributed by atoms with Crippen LogP contribution in [0.15, 0.2) is 12.5 Å². The van der Waals surface area contributed by atoms with E-state index in [1.54, 1.807) is 6.33 Å². The monoisotopic (exact) mass is 224 g/mol. The van der Waals surface area contributed by atoms with Crippen LogP contribution >= 0.6 is 0 Å². The maximum atomic E-state index is 11.9. The number of imidazole rings is 1. The zero-order chi connectivity index (χ0) is 12.3. The van der Waals surface area contributed by atoms with Gasteiger partial charge in [0, 0.05) is 6.20 Å². The number of ether oxygens (including phenoxy) is 1. The van der Waals surface area contributed by atoms with Gasteiger partial charge in [0.15, 0.2) is 0 Å². The van der Waals surface area contributed by atoms with Gasteiger partial charge >= 0.3 is 5.97 Å². The van der Waals surface area contributed by atoms with Gasteiger partial charge in [-0.2, -0.15) is 0 Å². The van der Waals surface area contributed by atoms with Crippen LogP contribution in [0.4, 0.5) is 0 Å². The van der Waals surface area contributed by atoms with E-state index in [2.05, 4.69) is 4.98 Å². The summed E-state index contributed by atoms with van der Waals surface area (Å²) >= 11 is 0. The van der Waals surface area contributed by atoms with Crippen molar-refractivity contribution in [1.29, 1.82) is 0 Å². The van der Waals surface area contributed by atoms with Crippen molar-refractivity contribution in [3.63, 3.8) is 0 Å². The molecule has 0 amide bonds. The molecule has 4 nitrogen and oxygen atoms in total. The third-order valence-electron chi connectivity index (χ3n) is 2.16. The number of carbonyl (C=O) groups excluding carboxylic acids is 1. The van der Waals surface area contributed by atoms with Crippen LogP contribution in [-0.4, -0.2) is 21.1 Å². The Balaban J connectivity index is 2.79. The van der Waals surface area contributed by atoms with E-state index < -0.39 is 5.60 Å². The van der Waals surface area contributed by atoms with Gasteiger partial charge in [-0.25, -0.2) is 9.78 Å². The van der Waals surface area contributed by atoms with Gasteiger partial charge in [0.2, 0.25) is 0 Å². The van der Waals surface area contributed by atoms with Crippen molar-refractivity contribution in [2.24, 2.45) is 0 Å². The normalized spacial score (nSPS) is 13.6. The van der Waals surface area contributed by atoms with Crippen molar-refractivity contribution in [2.75, 3.05) is 0 Å². The summed E-state index contributed by atoms with van der Waals surface area (Å²) in [5.74, 6) is -0.201. The quantitative estimate of drug-likeness (QED) is 0.741. The van der Waals surface area contributed by atoms with Crippen molar-refractivity contribution >= 4 is 5.97 Å². The molecule has 1 rings (SSSR count). The molecular weight excluding hydrogens is 204 g/mol. The summed E-state index contributed by atoms with van der Waals surface area (Å²) in [4.78, 5) is 16.0. The van der Waals surface area contributed by atoms with Crippen LogP contribution in [0.3, 0.4) is 0 Å². The standard InChI is InChI=1S/C12H20N2O2/c1-6-10(11(15)16-12(3,4)5)14-7-9(2)13-8-14/h7-8,10H,6H2,1-5H3. The van der Waals surface area contributed by atoms with E-state index in [0.717, 1.165) is 5.69 Å². The van der Waals surface area contributed by atoms with E-state index in [-0.39, 0.29) is 12.0 Å². The number of aryl methyl sites for hydroxylation is 1. The van der Waals surface area contributed by atoms with Gasteiger partial charge in [-0.15, -0.1) is 0 Å². The second-order valence-electron chi connectivity index (χ2n) is 4.92. The number of rotatable bonds is 3. The average Bonchev–Trinajstić information content (AvgIpc) is 2.49. The van der Waals surface area contributed by atoms with E-state index >= 15 is 0 Å². The fourth-order valence-corrected chi connectivity index (χ4v) is 1.48. The highest BCUT2D eigenvalue weighted by atomic mass is 16.6. The molecule has 0 N–H and O–H groups in total. The second-order valence-corrected chi connectivity index (χ2v) is 4.92. The van der Waals surface area contributed by atoms with E-state index in [1.165, 1.54) is 0 Å². The lowest BCUT2D eigenvalue weighted by molar-refractivity contribution is -0.159. The Bertz CT molecular complexity index is 363. The summed E-state index contributed by atoms with van der Waals surface area (Å²) in [7, 11) is 0. The number of nitrogens with zero attached hydrogens (tertiary/aromatic N) is 2. The molecule has 90 valence electrons. The van der Waals surface area contributed by atoms with Crippen LogP contribution in [0.5, 0.6) is 0 Å². The molecule has 0 aromatic carbocycles. The van der Waals surface area contributed by atoms with Crippen molar-refractivity contribution in [1.82, 2.24) is 9.55 Å². The molecule has 0 saturated carbocycles. The van der Waals surface area contributed by atoms with Crippen molar-refractivity contribution in [3.05, 3.63) is 18.2 Å². The molecule has 4 heteroatoms. The smallest absolute Gasteiger partial charge is 0.329 e. The van der Waals surface area contributed by atoms with E-state index in [0.29, 0.717) is 6.42 Å². The number of esters is 1. The summed E-state index contributed by atoms with van der Waals surface area (Å²) in [6.07, 6.45) is 4.23. The van der Waals surface area contributed by atoms with Gasteiger partial charge in [0.1, 0.15) is 11.6 Å². The zero-order valence-electron chi connectivity index (χ0n) is 10.7. The van der Waals surface area contributed by atoms with Gasteiger partial charge in [-0.05, 0) is 34.1 Å². The lowest BCUT2D eigenvalue weighted by atomic mass is 10.1. The largest absolute Gasteiger partial charge is 0.458 e. The maximum Gasteiger partial charge on any atom is 0.329 e. The van der Waals surface area contributed by atoms with Gasteiger partial charge in [0.05, 0.1) is 12.0 Å². The molecule has 0 aliphatic rings. The Morgan fingerprint density at radius 1 is 1.56 bits per heavy atom. The first-order valence-electron chi connectivity index (χ1n) is 5.56. The number of aromatic nitrogens is 2. The minimum atomic E-state index is -0.444. The molecule has 1 heterocycles. The molecule has 0 radical (unpaired) electrons. The fraction of sp³-hybridized carbons (Fsp3) is 0.667. The van der Waals surface area contributed by atoms with Crippen molar-refractivity contribution in [2.45, 2.75) is 52.7 Å². The van der Waals surface area contributed by atoms with Gasteiger partial charge in [0.25, 0.3) is 0 Å². The lowest BCUT2D eigenvalue weighted by Crippen LogP contribution is -2.29. The summed E-state index contributed by atoms with van der Waals surface area (Å²) in [5.41, 5.74) is 0.460. The summed E-state index contributed by atoms with van der Waals surface area (Å²) in [5, 5.41) is 0. The molecule has 0 aliphatic heterocycles. The third-order valence-corrected chi connectivity index (χ3v) is 2.16. The van der Waals surface area contributed by atoms with E-state index in [9.17, 15) is 4.79 Å². The summed E-state index contributed by atoms with van der Waals surface area (Å²) in [6.45, 7) is 9.48. The highest BCUT2D eigenvalue weighted by molar-refractivity contribution is 5.74. The molecule has 0 fully saturated rings. The number of hydrogen-bond acceptors (Lipinski definition) is 3. The van der Waals surface area contributed by atoms with Crippen molar-refractivity contribution < 1.29 is 9.53 Å².